The standard InChI is InChI=1S/C13H18F3NO2/c1-3-18-7-9(2)19-8-10-4-5-11(17)6-12(10)13(14,15)16/h4-6,9H,3,7-8,17H2,1-2H3. The minimum Gasteiger partial charge on any atom is -0.399 e. The second-order valence-corrected chi connectivity index (χ2v) is 4.20. The van der Waals surface area contributed by atoms with Gasteiger partial charge in [-0.05, 0) is 31.5 Å². The second-order valence-electron chi connectivity index (χ2n) is 4.20. The first-order chi connectivity index (χ1) is 8.84. The Balaban J connectivity index is 2.73. The van der Waals surface area contributed by atoms with E-state index in [-0.39, 0.29) is 24.0 Å². The van der Waals surface area contributed by atoms with E-state index < -0.39 is 11.7 Å². The van der Waals surface area contributed by atoms with Crippen LogP contribution in [0.1, 0.15) is 25.0 Å². The van der Waals surface area contributed by atoms with Gasteiger partial charge in [0.05, 0.1) is 24.9 Å². The number of benzene rings is 1. The molecule has 0 spiro atoms. The fourth-order valence-electron chi connectivity index (χ4n) is 1.55. The van der Waals surface area contributed by atoms with Crippen LogP contribution in [0.3, 0.4) is 0 Å². The zero-order valence-electron chi connectivity index (χ0n) is 11.0. The predicted octanol–water partition coefficient (Wildman–Crippen LogP) is 3.23. The molecule has 0 aromatic heterocycles. The first-order valence-electron chi connectivity index (χ1n) is 5.99. The summed E-state index contributed by atoms with van der Waals surface area (Å²) in [5.41, 5.74) is 4.79. The van der Waals surface area contributed by atoms with Crippen molar-refractivity contribution >= 4 is 5.69 Å². The monoisotopic (exact) mass is 277 g/mol. The summed E-state index contributed by atoms with van der Waals surface area (Å²) in [5.74, 6) is 0. The molecular weight excluding hydrogens is 259 g/mol. The lowest BCUT2D eigenvalue weighted by molar-refractivity contribution is -0.139. The molecule has 0 aliphatic rings. The van der Waals surface area contributed by atoms with Gasteiger partial charge in [-0.1, -0.05) is 6.07 Å². The van der Waals surface area contributed by atoms with E-state index in [2.05, 4.69) is 0 Å². The lowest BCUT2D eigenvalue weighted by Crippen LogP contribution is -2.17. The maximum atomic E-state index is 12.8. The maximum Gasteiger partial charge on any atom is 0.416 e. The van der Waals surface area contributed by atoms with Gasteiger partial charge in [-0.2, -0.15) is 13.2 Å². The molecule has 1 aromatic rings. The lowest BCUT2D eigenvalue weighted by Gasteiger charge is -2.17. The Morgan fingerprint density at radius 3 is 2.58 bits per heavy atom. The zero-order valence-corrected chi connectivity index (χ0v) is 11.0. The third-order valence-corrected chi connectivity index (χ3v) is 2.52. The van der Waals surface area contributed by atoms with Crippen LogP contribution in [0.4, 0.5) is 18.9 Å². The molecular formula is C13H18F3NO2. The lowest BCUT2D eigenvalue weighted by atomic mass is 10.1. The quantitative estimate of drug-likeness (QED) is 0.812. The topological polar surface area (TPSA) is 44.5 Å². The molecule has 0 saturated carbocycles. The van der Waals surface area contributed by atoms with Crippen molar-refractivity contribution in [3.05, 3.63) is 29.3 Å². The Kier molecular flexibility index (Phi) is 5.62. The van der Waals surface area contributed by atoms with Gasteiger partial charge in [-0.25, -0.2) is 0 Å². The van der Waals surface area contributed by atoms with Crippen molar-refractivity contribution in [1.82, 2.24) is 0 Å². The molecule has 0 fully saturated rings. The van der Waals surface area contributed by atoms with E-state index in [9.17, 15) is 13.2 Å². The van der Waals surface area contributed by atoms with Gasteiger partial charge in [0.15, 0.2) is 0 Å². The molecule has 19 heavy (non-hydrogen) atoms. The fourth-order valence-corrected chi connectivity index (χ4v) is 1.55. The van der Waals surface area contributed by atoms with Gasteiger partial charge in [0.25, 0.3) is 0 Å². The Morgan fingerprint density at radius 2 is 2.00 bits per heavy atom. The Bertz CT molecular complexity index is 407. The van der Waals surface area contributed by atoms with Gasteiger partial charge in [-0.3, -0.25) is 0 Å². The zero-order chi connectivity index (χ0) is 14.5. The summed E-state index contributed by atoms with van der Waals surface area (Å²) in [4.78, 5) is 0. The van der Waals surface area contributed by atoms with Crippen LogP contribution in [-0.4, -0.2) is 19.3 Å². The third kappa shape index (κ3) is 5.08. The predicted molar refractivity (Wildman–Crippen MR) is 66.6 cm³/mol. The summed E-state index contributed by atoms with van der Waals surface area (Å²) in [7, 11) is 0. The van der Waals surface area contributed by atoms with Crippen molar-refractivity contribution in [2.24, 2.45) is 0 Å². The molecule has 0 bridgehead atoms. The van der Waals surface area contributed by atoms with Crippen molar-refractivity contribution in [2.45, 2.75) is 32.7 Å². The van der Waals surface area contributed by atoms with Crippen LogP contribution in [0.15, 0.2) is 18.2 Å². The van der Waals surface area contributed by atoms with Crippen molar-refractivity contribution in [2.75, 3.05) is 18.9 Å². The smallest absolute Gasteiger partial charge is 0.399 e. The normalized spacial score (nSPS) is 13.5. The van der Waals surface area contributed by atoms with Crippen LogP contribution in [0.2, 0.25) is 0 Å². The highest BCUT2D eigenvalue weighted by Gasteiger charge is 2.33. The summed E-state index contributed by atoms with van der Waals surface area (Å²) in [5, 5.41) is 0. The third-order valence-electron chi connectivity index (χ3n) is 2.52. The molecule has 1 aromatic carbocycles. The summed E-state index contributed by atoms with van der Waals surface area (Å²) >= 11 is 0. The molecule has 0 heterocycles. The summed E-state index contributed by atoms with van der Waals surface area (Å²) < 4.78 is 48.9. The van der Waals surface area contributed by atoms with E-state index >= 15 is 0 Å². The molecule has 1 atom stereocenters. The average molecular weight is 277 g/mol. The molecule has 0 amide bonds. The maximum absolute atomic E-state index is 12.8. The van der Waals surface area contributed by atoms with E-state index in [0.717, 1.165) is 6.07 Å². The van der Waals surface area contributed by atoms with Gasteiger partial charge in [0.2, 0.25) is 0 Å². The Morgan fingerprint density at radius 1 is 1.32 bits per heavy atom. The first-order valence-corrected chi connectivity index (χ1v) is 5.99. The molecule has 0 radical (unpaired) electrons. The van der Waals surface area contributed by atoms with Crippen LogP contribution < -0.4 is 5.73 Å². The van der Waals surface area contributed by atoms with Crippen LogP contribution in [0.25, 0.3) is 0 Å². The molecule has 0 aliphatic heterocycles. The highest BCUT2D eigenvalue weighted by atomic mass is 19.4. The van der Waals surface area contributed by atoms with Gasteiger partial charge in [0.1, 0.15) is 0 Å². The number of ether oxygens (including phenoxy) is 2. The van der Waals surface area contributed by atoms with E-state index in [0.29, 0.717) is 13.2 Å². The number of halogens is 3. The number of hydrogen-bond donors (Lipinski definition) is 1. The number of nitrogens with two attached hydrogens (primary N) is 1. The van der Waals surface area contributed by atoms with E-state index in [4.69, 9.17) is 15.2 Å². The molecule has 2 N–H and O–H groups in total. The van der Waals surface area contributed by atoms with Crippen LogP contribution >= 0.6 is 0 Å². The van der Waals surface area contributed by atoms with Gasteiger partial charge >= 0.3 is 6.18 Å². The van der Waals surface area contributed by atoms with E-state index in [1.165, 1.54) is 12.1 Å². The molecule has 1 unspecified atom stereocenters. The van der Waals surface area contributed by atoms with Gasteiger partial charge in [-0.15, -0.1) is 0 Å². The highest BCUT2D eigenvalue weighted by molar-refractivity contribution is 5.45. The highest BCUT2D eigenvalue weighted by Crippen LogP contribution is 2.33. The van der Waals surface area contributed by atoms with Crippen LogP contribution in [0.5, 0.6) is 0 Å². The van der Waals surface area contributed by atoms with Gasteiger partial charge < -0.3 is 15.2 Å². The summed E-state index contributed by atoms with van der Waals surface area (Å²) in [6.07, 6.45) is -4.70. The molecule has 6 heteroatoms. The van der Waals surface area contributed by atoms with Crippen molar-refractivity contribution in [1.29, 1.82) is 0 Å². The second kappa shape index (κ2) is 6.77. The average Bonchev–Trinajstić information content (AvgIpc) is 2.33. The molecule has 0 saturated heterocycles. The summed E-state index contributed by atoms with van der Waals surface area (Å²) in [6, 6.07) is 3.69. The number of nitrogen functional groups attached to an aromatic ring is 1. The largest absolute Gasteiger partial charge is 0.416 e. The summed E-state index contributed by atoms with van der Waals surface area (Å²) in [6.45, 7) is 4.37. The van der Waals surface area contributed by atoms with E-state index in [1.54, 1.807) is 6.92 Å². The molecule has 108 valence electrons. The Labute approximate surface area is 110 Å². The Hall–Kier alpha value is -1.27. The molecule has 0 aliphatic carbocycles. The molecule has 1 rings (SSSR count). The fraction of sp³-hybridized carbons (Fsp3) is 0.538. The number of hydrogen-bond acceptors (Lipinski definition) is 3. The minimum atomic E-state index is -4.43. The van der Waals surface area contributed by atoms with Gasteiger partial charge in [0, 0.05) is 12.3 Å². The van der Waals surface area contributed by atoms with Crippen molar-refractivity contribution < 1.29 is 22.6 Å². The van der Waals surface area contributed by atoms with Crippen LogP contribution in [0, 0.1) is 0 Å². The molecule has 3 nitrogen and oxygen atoms in total. The number of alkyl halides is 3. The van der Waals surface area contributed by atoms with Crippen molar-refractivity contribution in [3.8, 4) is 0 Å². The van der Waals surface area contributed by atoms with Crippen molar-refractivity contribution in [3.63, 3.8) is 0 Å². The first kappa shape index (κ1) is 15.8. The SMILES string of the molecule is CCOCC(C)OCc1ccc(N)cc1C(F)(F)F. The number of rotatable bonds is 6. The number of anilines is 1. The van der Waals surface area contributed by atoms with E-state index in [1.807, 2.05) is 6.92 Å². The minimum absolute atomic E-state index is 0.0741. The van der Waals surface area contributed by atoms with Crippen LogP contribution in [-0.2, 0) is 22.3 Å².